The van der Waals surface area contributed by atoms with Crippen LogP contribution in [0.3, 0.4) is 0 Å². The molecule has 0 spiro atoms. The van der Waals surface area contributed by atoms with Crippen LogP contribution in [0.1, 0.15) is 11.1 Å². The summed E-state index contributed by atoms with van der Waals surface area (Å²) in [6.07, 6.45) is -2.59. The van der Waals surface area contributed by atoms with Crippen LogP contribution >= 0.6 is 0 Å². The summed E-state index contributed by atoms with van der Waals surface area (Å²) in [5, 5.41) is 44.0. The van der Waals surface area contributed by atoms with Gasteiger partial charge >= 0.3 is 0 Å². The van der Waals surface area contributed by atoms with Crippen molar-refractivity contribution in [3.63, 3.8) is 0 Å². The first kappa shape index (κ1) is 42.6. The molecule has 4 unspecified atom stereocenters. The van der Waals surface area contributed by atoms with E-state index >= 15 is 0 Å². The van der Waals surface area contributed by atoms with Gasteiger partial charge in [-0.05, 0) is 90.3 Å². The van der Waals surface area contributed by atoms with E-state index in [0.29, 0.717) is 29.4 Å². The van der Waals surface area contributed by atoms with Crippen molar-refractivity contribution < 1.29 is 39.4 Å². The molecule has 4 N–H and O–H groups in total. The van der Waals surface area contributed by atoms with Crippen LogP contribution in [0.5, 0.6) is 23.0 Å². The Kier molecular flexibility index (Phi) is 16.4. The Balaban J connectivity index is 1.09. The number of ether oxygens (including phenoxy) is 4. The minimum Gasteiger partial charge on any atom is -0.491 e. The zero-order valence-corrected chi connectivity index (χ0v) is 33.2. The van der Waals surface area contributed by atoms with Crippen LogP contribution in [0.15, 0.2) is 170 Å². The van der Waals surface area contributed by atoms with Crippen molar-refractivity contribution in [3.8, 4) is 23.0 Å². The molecule has 0 aliphatic rings. The number of anilines is 2. The number of nitrogens with zero attached hydrogens (tertiary/aromatic N) is 2. The molecule has 0 saturated heterocycles. The quantitative estimate of drug-likeness (QED) is 0.0530. The van der Waals surface area contributed by atoms with Gasteiger partial charge in [0, 0.05) is 37.6 Å². The smallest absolute Gasteiger partial charge is 0.119 e. The molecule has 6 aromatic rings. The molecule has 0 aliphatic carbocycles. The minimum absolute atomic E-state index is 0.101. The third-order valence-electron chi connectivity index (χ3n) is 9.48. The second kappa shape index (κ2) is 22.8. The van der Waals surface area contributed by atoms with Gasteiger partial charge in [-0.25, -0.2) is 0 Å². The van der Waals surface area contributed by atoms with E-state index in [1.807, 2.05) is 155 Å². The number of para-hydroxylation sites is 4. The predicted molar refractivity (Wildman–Crippen MR) is 232 cm³/mol. The second-order valence-corrected chi connectivity index (χ2v) is 14.4. The van der Waals surface area contributed by atoms with Gasteiger partial charge in [-0.3, -0.25) is 0 Å². The molecule has 0 fully saturated rings. The first-order chi connectivity index (χ1) is 28.9. The SMILES string of the molecule is OC(COc1ccccc1)CN(CC(O)COc1ccccc1)c1ccc(Cc2ccc(N(CC(O)COc3ccccc3)CC(O)COc3ccccc3)cc2)cc1. The topological polar surface area (TPSA) is 124 Å². The average molecular weight is 799 g/mol. The summed E-state index contributed by atoms with van der Waals surface area (Å²) in [5.74, 6) is 2.71. The second-order valence-electron chi connectivity index (χ2n) is 14.4. The van der Waals surface area contributed by atoms with E-state index in [0.717, 1.165) is 22.5 Å². The van der Waals surface area contributed by atoms with E-state index in [9.17, 15) is 20.4 Å². The van der Waals surface area contributed by atoms with Gasteiger partial charge in [0.1, 0.15) is 73.8 Å². The lowest BCUT2D eigenvalue weighted by atomic mass is 10.0. The van der Waals surface area contributed by atoms with E-state index < -0.39 is 24.4 Å². The van der Waals surface area contributed by atoms with Crippen molar-refractivity contribution in [3.05, 3.63) is 181 Å². The summed E-state index contributed by atoms with van der Waals surface area (Å²) in [6.45, 7) is 1.37. The third kappa shape index (κ3) is 14.7. The van der Waals surface area contributed by atoms with Crippen LogP contribution in [0.2, 0.25) is 0 Å². The predicted octanol–water partition coefficient (Wildman–Crippen LogP) is 6.65. The third-order valence-corrected chi connectivity index (χ3v) is 9.48. The average Bonchev–Trinajstić information content (AvgIpc) is 3.28. The lowest BCUT2D eigenvalue weighted by Crippen LogP contribution is -2.41. The van der Waals surface area contributed by atoms with E-state index in [1.165, 1.54) is 0 Å². The highest BCUT2D eigenvalue weighted by molar-refractivity contribution is 5.51. The van der Waals surface area contributed by atoms with Crippen molar-refractivity contribution in [1.82, 2.24) is 0 Å². The maximum atomic E-state index is 11.0. The van der Waals surface area contributed by atoms with Gasteiger partial charge < -0.3 is 49.2 Å². The van der Waals surface area contributed by atoms with Crippen LogP contribution in [-0.2, 0) is 6.42 Å². The van der Waals surface area contributed by atoms with Crippen molar-refractivity contribution in [2.75, 3.05) is 62.4 Å². The normalized spacial score (nSPS) is 13.1. The molecule has 59 heavy (non-hydrogen) atoms. The molecule has 6 rings (SSSR count). The standard InChI is InChI=1S/C49H54N2O8/c52-42(34-56-46-13-5-1-6-14-46)30-50(31-43(53)35-57-47-15-7-2-8-16-47)40-25-21-38(22-26-40)29-39-23-27-41(28-24-39)51(32-44(54)36-58-48-17-9-3-10-18-48)33-45(55)37-59-49-19-11-4-12-20-49/h1-28,42-45,52-55H,29-37H2. The fourth-order valence-corrected chi connectivity index (χ4v) is 6.52. The van der Waals surface area contributed by atoms with Crippen LogP contribution in [-0.4, -0.2) is 97.4 Å². The number of hydrogen-bond donors (Lipinski definition) is 4. The molecule has 0 aromatic heterocycles. The lowest BCUT2D eigenvalue weighted by molar-refractivity contribution is 0.0952. The Bertz CT molecular complexity index is 1770. The van der Waals surface area contributed by atoms with E-state index in [4.69, 9.17) is 18.9 Å². The van der Waals surface area contributed by atoms with Crippen molar-refractivity contribution in [2.45, 2.75) is 30.8 Å². The summed E-state index contributed by atoms with van der Waals surface area (Å²) >= 11 is 0. The van der Waals surface area contributed by atoms with Gasteiger partial charge in [0.25, 0.3) is 0 Å². The summed E-state index contributed by atoms with van der Waals surface area (Å²) in [7, 11) is 0. The Labute approximate surface area is 347 Å². The lowest BCUT2D eigenvalue weighted by Gasteiger charge is -2.30. The largest absolute Gasteiger partial charge is 0.491 e. The molecular formula is C49H54N2O8. The Hall–Kier alpha value is -6.04. The van der Waals surface area contributed by atoms with Gasteiger partial charge in [0.05, 0.1) is 0 Å². The fourth-order valence-electron chi connectivity index (χ4n) is 6.52. The van der Waals surface area contributed by atoms with E-state index in [-0.39, 0.29) is 52.6 Å². The molecule has 4 atom stereocenters. The molecule has 10 heteroatoms. The summed E-state index contributed by atoms with van der Waals surface area (Å²) in [6, 6.07) is 53.7. The van der Waals surface area contributed by atoms with Gasteiger partial charge in [-0.15, -0.1) is 0 Å². The first-order valence-electron chi connectivity index (χ1n) is 20.0. The van der Waals surface area contributed by atoms with Crippen LogP contribution in [0.25, 0.3) is 0 Å². The Morgan fingerprint density at radius 3 is 0.797 bits per heavy atom. The van der Waals surface area contributed by atoms with E-state index in [2.05, 4.69) is 24.3 Å². The first-order valence-corrected chi connectivity index (χ1v) is 20.0. The summed E-state index contributed by atoms with van der Waals surface area (Å²) in [4.78, 5) is 3.90. The van der Waals surface area contributed by atoms with Crippen molar-refractivity contribution in [2.24, 2.45) is 0 Å². The maximum absolute atomic E-state index is 11.0. The minimum atomic E-state index is -0.815. The number of hydrogen-bond acceptors (Lipinski definition) is 10. The molecule has 0 saturated carbocycles. The van der Waals surface area contributed by atoms with Gasteiger partial charge in [0.2, 0.25) is 0 Å². The number of aliphatic hydroxyl groups excluding tert-OH is 4. The highest BCUT2D eigenvalue weighted by Gasteiger charge is 2.20. The van der Waals surface area contributed by atoms with E-state index in [1.54, 1.807) is 0 Å². The molecule has 0 amide bonds. The highest BCUT2D eigenvalue weighted by Crippen LogP contribution is 2.23. The molecule has 308 valence electrons. The van der Waals surface area contributed by atoms with Crippen LogP contribution < -0.4 is 28.7 Å². The maximum Gasteiger partial charge on any atom is 0.119 e. The molecular weight excluding hydrogens is 745 g/mol. The van der Waals surface area contributed by atoms with Gasteiger partial charge in [-0.2, -0.15) is 0 Å². The zero-order valence-electron chi connectivity index (χ0n) is 33.2. The molecule has 10 nitrogen and oxygen atoms in total. The summed E-state index contributed by atoms with van der Waals surface area (Å²) in [5.41, 5.74) is 3.87. The number of rotatable bonds is 24. The molecule has 0 aliphatic heterocycles. The zero-order chi connectivity index (χ0) is 41.1. The molecule has 0 heterocycles. The summed E-state index contributed by atoms with van der Waals surface area (Å²) < 4.78 is 23.3. The van der Waals surface area contributed by atoms with Crippen LogP contribution in [0, 0.1) is 0 Å². The Morgan fingerprint density at radius 1 is 0.322 bits per heavy atom. The van der Waals surface area contributed by atoms with Gasteiger partial charge in [-0.1, -0.05) is 97.1 Å². The highest BCUT2D eigenvalue weighted by atomic mass is 16.5. The fraction of sp³-hybridized carbons (Fsp3) is 0.265. The molecule has 6 aromatic carbocycles. The van der Waals surface area contributed by atoms with Gasteiger partial charge in [0.15, 0.2) is 0 Å². The Morgan fingerprint density at radius 2 is 0.559 bits per heavy atom. The molecule has 0 radical (unpaired) electrons. The number of aliphatic hydroxyl groups is 4. The van der Waals surface area contributed by atoms with Crippen molar-refractivity contribution >= 4 is 11.4 Å². The number of benzene rings is 6. The monoisotopic (exact) mass is 798 g/mol. The van der Waals surface area contributed by atoms with Crippen LogP contribution in [0.4, 0.5) is 11.4 Å². The van der Waals surface area contributed by atoms with Crippen molar-refractivity contribution in [1.29, 1.82) is 0 Å². The molecule has 0 bridgehead atoms.